The van der Waals surface area contributed by atoms with E-state index in [1.54, 1.807) is 11.6 Å². The number of thiazole rings is 1. The Labute approximate surface area is 130 Å². The summed E-state index contributed by atoms with van der Waals surface area (Å²) in [5.74, 6) is -0.344. The van der Waals surface area contributed by atoms with E-state index < -0.39 is 16.1 Å². The first-order chi connectivity index (χ1) is 9.88. The van der Waals surface area contributed by atoms with Crippen LogP contribution in [-0.2, 0) is 14.8 Å². The Balaban J connectivity index is 1.84. The standard InChI is InChI=1S/C11H13ClN4O3S2/c1-6(9(17)13-7-2-3-7)15-21(18,19)10-8(12)14-11-16(10)4-5-20-11/h4-7,15H,2-3H2,1H3,(H,13,17). The van der Waals surface area contributed by atoms with Crippen LogP contribution in [-0.4, -0.2) is 35.8 Å². The molecule has 0 aromatic carbocycles. The predicted molar refractivity (Wildman–Crippen MR) is 79.0 cm³/mol. The van der Waals surface area contributed by atoms with E-state index in [4.69, 9.17) is 11.6 Å². The van der Waals surface area contributed by atoms with Crippen molar-refractivity contribution in [3.63, 3.8) is 0 Å². The number of sulfonamides is 1. The van der Waals surface area contributed by atoms with Gasteiger partial charge in [-0.1, -0.05) is 11.6 Å². The molecule has 2 aromatic rings. The van der Waals surface area contributed by atoms with E-state index in [9.17, 15) is 13.2 Å². The van der Waals surface area contributed by atoms with E-state index in [1.807, 2.05) is 0 Å². The molecule has 1 atom stereocenters. The Hall–Kier alpha value is -1.16. The van der Waals surface area contributed by atoms with E-state index in [2.05, 4.69) is 15.0 Å². The third-order valence-electron chi connectivity index (χ3n) is 3.08. The molecule has 1 unspecified atom stereocenters. The second kappa shape index (κ2) is 5.24. The molecule has 1 fully saturated rings. The van der Waals surface area contributed by atoms with Crippen LogP contribution in [0.2, 0.25) is 5.15 Å². The molecule has 0 radical (unpaired) electrons. The van der Waals surface area contributed by atoms with Crippen LogP contribution >= 0.6 is 22.9 Å². The molecule has 1 aliphatic rings. The Kier molecular flexibility index (Phi) is 3.68. The van der Waals surface area contributed by atoms with Crippen LogP contribution < -0.4 is 10.0 Å². The molecule has 2 aromatic heterocycles. The number of carbonyl (C=O) groups is 1. The minimum Gasteiger partial charge on any atom is -0.352 e. The van der Waals surface area contributed by atoms with Gasteiger partial charge in [0.25, 0.3) is 10.0 Å². The maximum absolute atomic E-state index is 12.4. The summed E-state index contributed by atoms with van der Waals surface area (Å²) in [5, 5.41) is 4.20. The number of halogens is 1. The van der Waals surface area contributed by atoms with Gasteiger partial charge in [-0.3, -0.25) is 9.20 Å². The molecular weight excluding hydrogens is 336 g/mol. The molecule has 3 rings (SSSR count). The van der Waals surface area contributed by atoms with Crippen molar-refractivity contribution in [2.75, 3.05) is 0 Å². The second-order valence-electron chi connectivity index (χ2n) is 4.89. The molecule has 10 heteroatoms. The van der Waals surface area contributed by atoms with Crippen molar-refractivity contribution in [2.45, 2.75) is 36.9 Å². The smallest absolute Gasteiger partial charge is 0.260 e. The number of aromatic nitrogens is 2. The summed E-state index contributed by atoms with van der Waals surface area (Å²) in [4.78, 5) is 16.3. The molecule has 1 saturated carbocycles. The average Bonchev–Trinajstić information content (AvgIpc) is 2.97. The Bertz CT molecular complexity index is 794. The number of imidazole rings is 1. The predicted octanol–water partition coefficient (Wildman–Crippen LogP) is 0.995. The quantitative estimate of drug-likeness (QED) is 0.843. The van der Waals surface area contributed by atoms with Crippen LogP contribution in [0, 0.1) is 0 Å². The highest BCUT2D eigenvalue weighted by Gasteiger charge is 2.31. The van der Waals surface area contributed by atoms with Gasteiger partial charge in [-0.2, -0.15) is 4.72 Å². The molecule has 0 bridgehead atoms. The molecule has 21 heavy (non-hydrogen) atoms. The highest BCUT2D eigenvalue weighted by atomic mass is 35.5. The van der Waals surface area contributed by atoms with E-state index in [1.165, 1.54) is 22.7 Å². The third-order valence-corrected chi connectivity index (χ3v) is 5.78. The minimum absolute atomic E-state index is 0.107. The van der Waals surface area contributed by atoms with E-state index >= 15 is 0 Å². The normalized spacial score (nSPS) is 17.0. The molecule has 7 nitrogen and oxygen atoms in total. The van der Waals surface area contributed by atoms with Gasteiger partial charge in [0.15, 0.2) is 15.1 Å². The van der Waals surface area contributed by atoms with Crippen LogP contribution in [0.5, 0.6) is 0 Å². The van der Waals surface area contributed by atoms with Gasteiger partial charge in [0.1, 0.15) is 0 Å². The fourth-order valence-electron chi connectivity index (χ4n) is 1.87. The summed E-state index contributed by atoms with van der Waals surface area (Å²) in [7, 11) is -3.94. The van der Waals surface area contributed by atoms with Gasteiger partial charge in [-0.15, -0.1) is 11.3 Å². The van der Waals surface area contributed by atoms with Crippen molar-refractivity contribution < 1.29 is 13.2 Å². The number of fused-ring (bicyclic) bond motifs is 1. The number of nitrogens with one attached hydrogen (secondary N) is 2. The molecule has 0 saturated heterocycles. The zero-order chi connectivity index (χ0) is 15.2. The Morgan fingerprint density at radius 1 is 1.57 bits per heavy atom. The number of hydrogen-bond acceptors (Lipinski definition) is 5. The molecular formula is C11H13ClN4O3S2. The van der Waals surface area contributed by atoms with Crippen molar-refractivity contribution in [2.24, 2.45) is 0 Å². The van der Waals surface area contributed by atoms with Crippen molar-refractivity contribution in [1.29, 1.82) is 0 Å². The van der Waals surface area contributed by atoms with Gasteiger partial charge >= 0.3 is 0 Å². The summed E-state index contributed by atoms with van der Waals surface area (Å²) in [5.41, 5.74) is 0. The molecule has 2 N–H and O–H groups in total. The van der Waals surface area contributed by atoms with E-state index in [0.29, 0.717) is 4.96 Å². The fraction of sp³-hybridized carbons (Fsp3) is 0.455. The van der Waals surface area contributed by atoms with Crippen molar-refractivity contribution in [3.05, 3.63) is 16.7 Å². The second-order valence-corrected chi connectivity index (χ2v) is 7.75. The Morgan fingerprint density at radius 3 is 2.95 bits per heavy atom. The first kappa shape index (κ1) is 14.8. The highest BCUT2D eigenvalue weighted by Crippen LogP contribution is 2.25. The molecule has 1 aliphatic carbocycles. The highest BCUT2D eigenvalue weighted by molar-refractivity contribution is 7.89. The lowest BCUT2D eigenvalue weighted by Gasteiger charge is -2.13. The summed E-state index contributed by atoms with van der Waals surface area (Å²) < 4.78 is 28.5. The number of nitrogens with zero attached hydrogens (tertiary/aromatic N) is 2. The summed E-state index contributed by atoms with van der Waals surface area (Å²) in [6.45, 7) is 1.50. The molecule has 0 aliphatic heterocycles. The zero-order valence-corrected chi connectivity index (χ0v) is 13.4. The molecule has 0 spiro atoms. The van der Waals surface area contributed by atoms with Gasteiger partial charge < -0.3 is 5.32 Å². The molecule has 2 heterocycles. The largest absolute Gasteiger partial charge is 0.352 e. The van der Waals surface area contributed by atoms with Crippen molar-refractivity contribution in [1.82, 2.24) is 19.4 Å². The SMILES string of the molecule is CC(NS(=O)(=O)c1c(Cl)nc2sccn12)C(=O)NC1CC1. The van der Waals surface area contributed by atoms with Gasteiger partial charge in [0.2, 0.25) is 5.91 Å². The number of carbonyl (C=O) groups excluding carboxylic acids is 1. The number of rotatable bonds is 5. The van der Waals surface area contributed by atoms with Crippen LogP contribution in [0.1, 0.15) is 19.8 Å². The van der Waals surface area contributed by atoms with Crippen LogP contribution in [0.15, 0.2) is 16.6 Å². The lowest BCUT2D eigenvalue weighted by molar-refractivity contribution is -0.122. The van der Waals surface area contributed by atoms with E-state index in [-0.39, 0.29) is 22.1 Å². The molecule has 114 valence electrons. The third kappa shape index (κ3) is 2.91. The monoisotopic (exact) mass is 348 g/mol. The first-order valence-electron chi connectivity index (χ1n) is 6.32. The van der Waals surface area contributed by atoms with Gasteiger partial charge in [0.05, 0.1) is 6.04 Å². The van der Waals surface area contributed by atoms with Crippen LogP contribution in [0.25, 0.3) is 4.96 Å². The number of hydrogen-bond donors (Lipinski definition) is 2. The molecule has 1 amide bonds. The fourth-order valence-corrected chi connectivity index (χ4v) is 4.53. The Morgan fingerprint density at radius 2 is 2.29 bits per heavy atom. The van der Waals surface area contributed by atoms with Crippen LogP contribution in [0.4, 0.5) is 0 Å². The van der Waals surface area contributed by atoms with Crippen molar-refractivity contribution >= 4 is 43.8 Å². The summed E-state index contributed by atoms with van der Waals surface area (Å²) in [6, 6.07) is -0.706. The lowest BCUT2D eigenvalue weighted by atomic mass is 10.3. The topological polar surface area (TPSA) is 92.6 Å². The van der Waals surface area contributed by atoms with Gasteiger partial charge in [0, 0.05) is 17.6 Å². The maximum Gasteiger partial charge on any atom is 0.260 e. The first-order valence-corrected chi connectivity index (χ1v) is 9.06. The van der Waals surface area contributed by atoms with Crippen LogP contribution in [0.3, 0.4) is 0 Å². The van der Waals surface area contributed by atoms with Gasteiger partial charge in [-0.05, 0) is 19.8 Å². The minimum atomic E-state index is -3.94. The zero-order valence-electron chi connectivity index (χ0n) is 11.0. The van der Waals surface area contributed by atoms with Gasteiger partial charge in [-0.25, -0.2) is 13.4 Å². The summed E-state index contributed by atoms with van der Waals surface area (Å²) in [6.07, 6.45) is 3.45. The average molecular weight is 349 g/mol. The van der Waals surface area contributed by atoms with E-state index in [0.717, 1.165) is 12.8 Å². The lowest BCUT2D eigenvalue weighted by Crippen LogP contribution is -2.45. The van der Waals surface area contributed by atoms with Crippen molar-refractivity contribution in [3.8, 4) is 0 Å². The maximum atomic E-state index is 12.4. The number of amides is 1. The summed E-state index contributed by atoms with van der Waals surface area (Å²) >= 11 is 7.18.